The van der Waals surface area contributed by atoms with E-state index in [1.165, 1.54) is 24.2 Å². The SMILES string of the molecule is CN(Cc1nccn1C(F)F)c1ccc([N+](=O)[O-])cc1[N+](=O)[O-]. The Morgan fingerprint density at radius 2 is 2.00 bits per heavy atom. The van der Waals surface area contributed by atoms with E-state index in [1.54, 1.807) is 0 Å². The van der Waals surface area contributed by atoms with Crippen LogP contribution in [0.4, 0.5) is 25.8 Å². The topological polar surface area (TPSA) is 107 Å². The average Bonchev–Trinajstić information content (AvgIpc) is 2.94. The molecular formula is C12H11F2N5O4. The standard InChI is InChI=1S/C12H11F2N5O4/c1-16(7-11-15-4-5-17(11)12(13)14)9-3-2-8(18(20)21)6-10(9)19(22)23/h2-6,12H,7H2,1H3. The van der Waals surface area contributed by atoms with E-state index in [9.17, 15) is 29.0 Å². The number of hydrogen-bond acceptors (Lipinski definition) is 6. The van der Waals surface area contributed by atoms with Crippen molar-refractivity contribution in [2.75, 3.05) is 11.9 Å². The van der Waals surface area contributed by atoms with Gasteiger partial charge in [0.15, 0.2) is 0 Å². The van der Waals surface area contributed by atoms with Gasteiger partial charge >= 0.3 is 6.55 Å². The second-order valence-electron chi connectivity index (χ2n) is 4.57. The molecule has 0 amide bonds. The highest BCUT2D eigenvalue weighted by atomic mass is 19.3. The quantitative estimate of drug-likeness (QED) is 0.596. The van der Waals surface area contributed by atoms with Crippen LogP contribution < -0.4 is 4.90 Å². The smallest absolute Gasteiger partial charge is 0.319 e. The van der Waals surface area contributed by atoms with E-state index in [2.05, 4.69) is 4.98 Å². The van der Waals surface area contributed by atoms with E-state index in [0.29, 0.717) is 4.57 Å². The molecule has 0 N–H and O–H groups in total. The molecule has 9 nitrogen and oxygen atoms in total. The van der Waals surface area contributed by atoms with Crippen LogP contribution >= 0.6 is 0 Å². The second-order valence-corrected chi connectivity index (χ2v) is 4.57. The van der Waals surface area contributed by atoms with Gasteiger partial charge in [0.25, 0.3) is 11.4 Å². The highest BCUT2D eigenvalue weighted by molar-refractivity contribution is 5.66. The highest BCUT2D eigenvalue weighted by Gasteiger charge is 2.23. The fourth-order valence-electron chi connectivity index (χ4n) is 2.04. The number of aromatic nitrogens is 2. The van der Waals surface area contributed by atoms with Crippen LogP contribution in [-0.4, -0.2) is 26.4 Å². The lowest BCUT2D eigenvalue weighted by molar-refractivity contribution is -0.393. The van der Waals surface area contributed by atoms with Crippen molar-refractivity contribution in [3.63, 3.8) is 0 Å². The van der Waals surface area contributed by atoms with Crippen LogP contribution in [0.3, 0.4) is 0 Å². The van der Waals surface area contributed by atoms with Crippen molar-refractivity contribution in [2.45, 2.75) is 13.1 Å². The third-order valence-corrected chi connectivity index (χ3v) is 3.12. The number of nitro groups is 2. The fraction of sp³-hybridized carbons (Fsp3) is 0.250. The van der Waals surface area contributed by atoms with Gasteiger partial charge in [-0.25, -0.2) is 4.98 Å². The van der Waals surface area contributed by atoms with Crippen molar-refractivity contribution in [1.29, 1.82) is 0 Å². The number of anilines is 1. The minimum atomic E-state index is -2.78. The Hall–Kier alpha value is -3.11. The third kappa shape index (κ3) is 3.39. The third-order valence-electron chi connectivity index (χ3n) is 3.12. The molecule has 2 aromatic rings. The van der Waals surface area contributed by atoms with Gasteiger partial charge in [-0.05, 0) is 6.07 Å². The average molecular weight is 327 g/mol. The molecule has 0 saturated heterocycles. The first-order valence-electron chi connectivity index (χ1n) is 6.25. The lowest BCUT2D eigenvalue weighted by Crippen LogP contribution is -2.21. The monoisotopic (exact) mass is 327 g/mol. The van der Waals surface area contributed by atoms with Crippen molar-refractivity contribution < 1.29 is 18.6 Å². The summed E-state index contributed by atoms with van der Waals surface area (Å²) in [5.41, 5.74) is -0.857. The molecule has 0 aliphatic rings. The molecule has 1 aromatic heterocycles. The van der Waals surface area contributed by atoms with E-state index < -0.39 is 27.8 Å². The Balaban J connectivity index is 2.35. The predicted molar refractivity (Wildman–Crippen MR) is 75.3 cm³/mol. The van der Waals surface area contributed by atoms with Crippen molar-refractivity contribution in [3.8, 4) is 0 Å². The zero-order valence-corrected chi connectivity index (χ0v) is 11.8. The Kier molecular flexibility index (Phi) is 4.48. The largest absolute Gasteiger partial charge is 0.362 e. The molecule has 1 heterocycles. The summed E-state index contributed by atoms with van der Waals surface area (Å²) in [6, 6.07) is 3.13. The predicted octanol–water partition coefficient (Wildman–Crippen LogP) is 2.73. The number of imidazole rings is 1. The first kappa shape index (κ1) is 16.3. The van der Waals surface area contributed by atoms with E-state index >= 15 is 0 Å². The molecule has 0 spiro atoms. The number of alkyl halides is 2. The normalized spacial score (nSPS) is 10.8. The van der Waals surface area contributed by atoms with E-state index in [4.69, 9.17) is 0 Å². The van der Waals surface area contributed by atoms with Crippen molar-refractivity contribution in [3.05, 3.63) is 56.6 Å². The number of nitrogens with zero attached hydrogens (tertiary/aromatic N) is 5. The number of non-ortho nitro benzene ring substituents is 1. The number of halogens is 2. The number of nitro benzene ring substituents is 2. The van der Waals surface area contributed by atoms with E-state index in [0.717, 1.165) is 18.3 Å². The summed E-state index contributed by atoms with van der Waals surface area (Å²) < 4.78 is 26.2. The zero-order chi connectivity index (χ0) is 17.1. The van der Waals surface area contributed by atoms with Gasteiger partial charge in [-0.15, -0.1) is 0 Å². The van der Waals surface area contributed by atoms with E-state index in [-0.39, 0.29) is 18.1 Å². The first-order valence-corrected chi connectivity index (χ1v) is 6.25. The lowest BCUT2D eigenvalue weighted by atomic mass is 10.2. The molecule has 0 aliphatic carbocycles. The van der Waals surface area contributed by atoms with Crippen LogP contribution in [0.25, 0.3) is 0 Å². The maximum absolute atomic E-state index is 12.8. The molecule has 0 radical (unpaired) electrons. The summed E-state index contributed by atoms with van der Waals surface area (Å²) in [5, 5.41) is 21.8. The maximum Gasteiger partial charge on any atom is 0.319 e. The minimum Gasteiger partial charge on any atom is -0.362 e. The summed E-state index contributed by atoms with van der Waals surface area (Å²) in [6.45, 7) is -2.91. The second kappa shape index (κ2) is 6.34. The molecule has 11 heteroatoms. The van der Waals surface area contributed by atoms with Gasteiger partial charge < -0.3 is 4.90 Å². The summed E-state index contributed by atoms with van der Waals surface area (Å²) >= 11 is 0. The molecular weight excluding hydrogens is 316 g/mol. The van der Waals surface area contributed by atoms with Crippen molar-refractivity contribution in [2.24, 2.45) is 0 Å². The molecule has 0 atom stereocenters. The van der Waals surface area contributed by atoms with Crippen LogP contribution in [0.1, 0.15) is 12.4 Å². The van der Waals surface area contributed by atoms with Gasteiger partial charge in [0.1, 0.15) is 11.5 Å². The van der Waals surface area contributed by atoms with Crippen LogP contribution in [-0.2, 0) is 6.54 Å². The highest BCUT2D eigenvalue weighted by Crippen LogP contribution is 2.32. The van der Waals surface area contributed by atoms with Gasteiger partial charge in [0.2, 0.25) is 0 Å². The van der Waals surface area contributed by atoms with Crippen LogP contribution in [0.5, 0.6) is 0 Å². The van der Waals surface area contributed by atoms with Crippen LogP contribution in [0.2, 0.25) is 0 Å². The molecule has 0 bridgehead atoms. The lowest BCUT2D eigenvalue weighted by Gasteiger charge is -2.19. The fourth-order valence-corrected chi connectivity index (χ4v) is 2.04. The van der Waals surface area contributed by atoms with E-state index in [1.807, 2.05) is 0 Å². The van der Waals surface area contributed by atoms with Gasteiger partial charge in [-0.2, -0.15) is 8.78 Å². The molecule has 0 saturated carbocycles. The van der Waals surface area contributed by atoms with Crippen LogP contribution in [0.15, 0.2) is 30.6 Å². The van der Waals surface area contributed by atoms with Crippen molar-refractivity contribution in [1.82, 2.24) is 9.55 Å². The first-order chi connectivity index (χ1) is 10.8. The minimum absolute atomic E-state index is 0.00940. The zero-order valence-electron chi connectivity index (χ0n) is 11.8. The van der Waals surface area contributed by atoms with Crippen LogP contribution in [0, 0.1) is 20.2 Å². The molecule has 0 aliphatic heterocycles. The molecule has 0 fully saturated rings. The number of hydrogen-bond donors (Lipinski definition) is 0. The van der Waals surface area contributed by atoms with Gasteiger partial charge in [0, 0.05) is 25.5 Å². The summed E-state index contributed by atoms with van der Waals surface area (Å²) in [6.07, 6.45) is 2.29. The molecule has 23 heavy (non-hydrogen) atoms. The van der Waals surface area contributed by atoms with Gasteiger partial charge in [-0.3, -0.25) is 24.8 Å². The van der Waals surface area contributed by atoms with Gasteiger partial charge in [0.05, 0.1) is 22.5 Å². The number of rotatable bonds is 6. The molecule has 0 unspecified atom stereocenters. The summed E-state index contributed by atoms with van der Waals surface area (Å²) in [5.74, 6) is 0.00940. The molecule has 1 aromatic carbocycles. The molecule has 122 valence electrons. The Morgan fingerprint density at radius 3 is 2.57 bits per heavy atom. The summed E-state index contributed by atoms with van der Waals surface area (Å²) in [4.78, 5) is 25.4. The number of benzene rings is 1. The maximum atomic E-state index is 12.8. The van der Waals surface area contributed by atoms with Gasteiger partial charge in [-0.1, -0.05) is 0 Å². The summed E-state index contributed by atoms with van der Waals surface area (Å²) in [7, 11) is 1.44. The Bertz CT molecular complexity index is 749. The Morgan fingerprint density at radius 1 is 1.30 bits per heavy atom. The Labute approximate surface area is 128 Å². The van der Waals surface area contributed by atoms with Crippen molar-refractivity contribution >= 4 is 17.1 Å². The molecule has 2 rings (SSSR count).